The van der Waals surface area contributed by atoms with Crippen LogP contribution in [0.2, 0.25) is 5.02 Å². The van der Waals surface area contributed by atoms with E-state index in [2.05, 4.69) is 10.6 Å². The third-order valence-corrected chi connectivity index (χ3v) is 2.64. The first-order chi connectivity index (χ1) is 9.06. The molecule has 0 aliphatic heterocycles. The lowest BCUT2D eigenvalue weighted by molar-refractivity contribution is 0.0950. The maximum atomic E-state index is 13.0. The Balaban J connectivity index is 1.98. The predicted molar refractivity (Wildman–Crippen MR) is 73.8 cm³/mol. The lowest BCUT2D eigenvalue weighted by atomic mass is 10.3. The summed E-state index contributed by atoms with van der Waals surface area (Å²) in [6.07, 6.45) is 1.38. The van der Waals surface area contributed by atoms with Gasteiger partial charge in [-0.1, -0.05) is 11.6 Å². The summed E-state index contributed by atoms with van der Waals surface area (Å²) in [6, 6.07) is 7.11. The molecule has 0 bridgehead atoms. The summed E-state index contributed by atoms with van der Waals surface area (Å²) in [5, 5.41) is 5.15. The van der Waals surface area contributed by atoms with Crippen LogP contribution in [0.25, 0.3) is 0 Å². The molecule has 2 rings (SSSR count). The Bertz CT molecular complexity index is 616. The van der Waals surface area contributed by atoms with Crippen LogP contribution in [0.15, 0.2) is 41.0 Å². The molecule has 2 aromatic rings. The van der Waals surface area contributed by atoms with Gasteiger partial charge in [-0.3, -0.25) is 10.1 Å². The van der Waals surface area contributed by atoms with Crippen LogP contribution in [0.4, 0.5) is 10.1 Å². The molecular formula is C12H8ClFN2O2S. The normalized spacial score (nSPS) is 10.0. The molecule has 7 heteroatoms. The van der Waals surface area contributed by atoms with Crippen LogP contribution in [0.3, 0.4) is 0 Å². The van der Waals surface area contributed by atoms with Crippen LogP contribution in [0, 0.1) is 5.82 Å². The van der Waals surface area contributed by atoms with Gasteiger partial charge in [-0.15, -0.1) is 0 Å². The number of anilines is 1. The number of rotatable bonds is 2. The van der Waals surface area contributed by atoms with Gasteiger partial charge in [0.05, 0.1) is 11.3 Å². The van der Waals surface area contributed by atoms with Gasteiger partial charge in [0.15, 0.2) is 10.9 Å². The largest absolute Gasteiger partial charge is 0.459 e. The first-order valence-electron chi connectivity index (χ1n) is 5.17. The van der Waals surface area contributed by atoms with Crippen molar-refractivity contribution in [1.29, 1.82) is 0 Å². The zero-order chi connectivity index (χ0) is 13.8. The fourth-order valence-electron chi connectivity index (χ4n) is 1.31. The van der Waals surface area contributed by atoms with E-state index in [1.807, 2.05) is 0 Å². The Morgan fingerprint density at radius 2 is 2.16 bits per heavy atom. The summed E-state index contributed by atoms with van der Waals surface area (Å²) in [5.41, 5.74) is 0.469. The highest BCUT2D eigenvalue weighted by molar-refractivity contribution is 7.80. The van der Waals surface area contributed by atoms with Crippen LogP contribution >= 0.6 is 23.8 Å². The van der Waals surface area contributed by atoms with Crippen molar-refractivity contribution in [2.24, 2.45) is 0 Å². The minimum Gasteiger partial charge on any atom is -0.459 e. The molecule has 98 valence electrons. The SMILES string of the molecule is O=C(NC(=S)Nc1ccc(F)c(Cl)c1)c1ccco1. The van der Waals surface area contributed by atoms with E-state index in [1.165, 1.54) is 30.5 Å². The standard InChI is InChI=1S/C12H8ClFN2O2S/c13-8-6-7(3-4-9(8)14)15-12(19)16-11(17)10-2-1-5-18-10/h1-6H,(H2,15,16,17,19). The molecule has 19 heavy (non-hydrogen) atoms. The maximum absolute atomic E-state index is 13.0. The zero-order valence-corrected chi connectivity index (χ0v) is 11.0. The van der Waals surface area contributed by atoms with Crippen molar-refractivity contribution in [2.45, 2.75) is 0 Å². The van der Waals surface area contributed by atoms with Gasteiger partial charge in [-0.05, 0) is 42.5 Å². The Morgan fingerprint density at radius 3 is 2.79 bits per heavy atom. The fourth-order valence-corrected chi connectivity index (χ4v) is 1.70. The summed E-state index contributed by atoms with van der Waals surface area (Å²) in [7, 11) is 0. The first kappa shape index (κ1) is 13.5. The highest BCUT2D eigenvalue weighted by Gasteiger charge is 2.10. The quantitative estimate of drug-likeness (QED) is 0.836. The van der Waals surface area contributed by atoms with Gasteiger partial charge in [-0.2, -0.15) is 0 Å². The lowest BCUT2D eigenvalue weighted by Gasteiger charge is -2.08. The summed E-state index contributed by atoms with van der Waals surface area (Å²) < 4.78 is 17.9. The number of nitrogens with one attached hydrogen (secondary N) is 2. The van der Waals surface area contributed by atoms with Crippen LogP contribution in [-0.4, -0.2) is 11.0 Å². The van der Waals surface area contributed by atoms with E-state index in [1.54, 1.807) is 6.07 Å². The number of amides is 1. The van der Waals surface area contributed by atoms with E-state index >= 15 is 0 Å². The molecule has 0 fully saturated rings. The second-order valence-corrected chi connectivity index (χ2v) is 4.33. The Labute approximate surface area is 118 Å². The molecule has 1 aromatic heterocycles. The summed E-state index contributed by atoms with van der Waals surface area (Å²) in [4.78, 5) is 11.6. The molecule has 0 atom stereocenters. The predicted octanol–water partition coefficient (Wildman–Crippen LogP) is 3.20. The molecule has 0 spiro atoms. The molecule has 1 heterocycles. The highest BCUT2D eigenvalue weighted by atomic mass is 35.5. The number of furan rings is 1. The van der Waals surface area contributed by atoms with E-state index in [0.717, 1.165) is 0 Å². The van der Waals surface area contributed by atoms with Crippen molar-refractivity contribution in [3.8, 4) is 0 Å². The Kier molecular flexibility index (Phi) is 4.13. The van der Waals surface area contributed by atoms with Crippen molar-refractivity contribution in [1.82, 2.24) is 5.32 Å². The minimum atomic E-state index is -0.530. The van der Waals surface area contributed by atoms with E-state index in [9.17, 15) is 9.18 Å². The average molecular weight is 299 g/mol. The summed E-state index contributed by atoms with van der Waals surface area (Å²) in [6.45, 7) is 0. The lowest BCUT2D eigenvalue weighted by Crippen LogP contribution is -2.33. The number of carbonyl (C=O) groups excluding carboxylic acids is 1. The average Bonchev–Trinajstić information content (AvgIpc) is 2.87. The molecule has 0 saturated heterocycles. The molecular weight excluding hydrogens is 291 g/mol. The van der Waals surface area contributed by atoms with Gasteiger partial charge >= 0.3 is 0 Å². The topological polar surface area (TPSA) is 54.3 Å². The fraction of sp³-hybridized carbons (Fsp3) is 0. The van der Waals surface area contributed by atoms with Crippen molar-refractivity contribution in [3.05, 3.63) is 53.2 Å². The molecule has 2 N–H and O–H groups in total. The summed E-state index contributed by atoms with van der Waals surface area (Å²) >= 11 is 10.6. The van der Waals surface area contributed by atoms with Gasteiger partial charge in [0, 0.05) is 5.69 Å². The molecule has 0 radical (unpaired) electrons. The third-order valence-electron chi connectivity index (χ3n) is 2.15. The number of hydrogen-bond acceptors (Lipinski definition) is 3. The third kappa shape index (κ3) is 3.52. The molecule has 0 saturated carbocycles. The molecule has 0 aliphatic carbocycles. The monoisotopic (exact) mass is 298 g/mol. The maximum Gasteiger partial charge on any atom is 0.293 e. The van der Waals surface area contributed by atoms with Crippen molar-refractivity contribution >= 4 is 40.5 Å². The number of thiocarbonyl (C=S) groups is 1. The van der Waals surface area contributed by atoms with Gasteiger partial charge in [0.2, 0.25) is 0 Å². The van der Waals surface area contributed by atoms with E-state index < -0.39 is 11.7 Å². The smallest absolute Gasteiger partial charge is 0.293 e. The van der Waals surface area contributed by atoms with Crippen molar-refractivity contribution < 1.29 is 13.6 Å². The number of carbonyl (C=O) groups is 1. The zero-order valence-electron chi connectivity index (χ0n) is 9.44. The molecule has 4 nitrogen and oxygen atoms in total. The van der Waals surface area contributed by atoms with E-state index in [-0.39, 0.29) is 15.9 Å². The number of hydrogen-bond donors (Lipinski definition) is 2. The van der Waals surface area contributed by atoms with Crippen LogP contribution in [0.1, 0.15) is 10.6 Å². The second-order valence-electron chi connectivity index (χ2n) is 3.51. The molecule has 1 aromatic carbocycles. The second kappa shape index (κ2) is 5.81. The molecule has 0 aliphatic rings. The van der Waals surface area contributed by atoms with Gasteiger partial charge in [0.1, 0.15) is 5.82 Å². The van der Waals surface area contributed by atoms with Crippen LogP contribution in [0.5, 0.6) is 0 Å². The van der Waals surface area contributed by atoms with Gasteiger partial charge < -0.3 is 9.73 Å². The Morgan fingerprint density at radius 1 is 1.37 bits per heavy atom. The van der Waals surface area contributed by atoms with Crippen molar-refractivity contribution in [2.75, 3.05) is 5.32 Å². The van der Waals surface area contributed by atoms with Crippen LogP contribution < -0.4 is 10.6 Å². The van der Waals surface area contributed by atoms with E-state index in [4.69, 9.17) is 28.2 Å². The van der Waals surface area contributed by atoms with E-state index in [0.29, 0.717) is 5.69 Å². The Hall–Kier alpha value is -1.92. The van der Waals surface area contributed by atoms with Gasteiger partial charge in [-0.25, -0.2) is 4.39 Å². The van der Waals surface area contributed by atoms with Gasteiger partial charge in [0.25, 0.3) is 5.91 Å². The number of benzene rings is 1. The minimum absolute atomic E-state index is 0.0369. The summed E-state index contributed by atoms with van der Waals surface area (Å²) in [5.74, 6) is -0.866. The van der Waals surface area contributed by atoms with Crippen LogP contribution in [-0.2, 0) is 0 Å². The first-order valence-corrected chi connectivity index (χ1v) is 5.96. The highest BCUT2D eigenvalue weighted by Crippen LogP contribution is 2.19. The molecule has 1 amide bonds. The number of halogens is 2. The van der Waals surface area contributed by atoms with Crippen molar-refractivity contribution in [3.63, 3.8) is 0 Å². The molecule has 0 unspecified atom stereocenters.